The Hall–Kier alpha value is -5.28. The van der Waals surface area contributed by atoms with Gasteiger partial charge >= 0.3 is 0 Å². The molecule has 1 aliphatic rings. The van der Waals surface area contributed by atoms with Gasteiger partial charge in [-0.25, -0.2) is 4.98 Å². The second-order valence-electron chi connectivity index (χ2n) is 10.2. The average Bonchev–Trinajstić information content (AvgIpc) is 3.43. The minimum absolute atomic E-state index is 0.843. The van der Waals surface area contributed by atoms with Gasteiger partial charge in [0, 0.05) is 17.6 Å². The summed E-state index contributed by atoms with van der Waals surface area (Å²) in [5.74, 6) is 0.844. The number of rotatable bonds is 6. The molecule has 196 valence electrons. The molecule has 0 saturated carbocycles. The van der Waals surface area contributed by atoms with Crippen molar-refractivity contribution in [3.63, 3.8) is 0 Å². The Morgan fingerprint density at radius 3 is 2.15 bits per heavy atom. The third kappa shape index (κ3) is 4.62. The Morgan fingerprint density at radius 2 is 1.34 bits per heavy atom. The molecule has 0 amide bonds. The van der Waals surface area contributed by atoms with Crippen LogP contribution in [0.4, 0.5) is 17.2 Å². The Kier molecular flexibility index (Phi) is 6.46. The van der Waals surface area contributed by atoms with Crippen molar-refractivity contribution in [1.29, 1.82) is 0 Å². The molecular weight excluding hydrogens is 498 g/mol. The molecule has 4 aromatic carbocycles. The molecule has 0 saturated heterocycles. The first kappa shape index (κ1) is 24.7. The standard InChI is InChI=1S/C38H29N3/c1-2-31(33-16-10-17-34-32-15-7-6-12-28(32)26-35(33)34)27-21-23-30(24-22-27)41(29-13-4-3-5-14-29)38-20-11-19-37(40-38)36-18-8-9-25-39-36/h2-25H,26H2,1H3/b31-2-. The fourth-order valence-corrected chi connectivity index (χ4v) is 5.87. The topological polar surface area (TPSA) is 29.0 Å². The Morgan fingerprint density at radius 1 is 0.634 bits per heavy atom. The van der Waals surface area contributed by atoms with Crippen molar-refractivity contribution < 1.29 is 0 Å². The van der Waals surface area contributed by atoms with Crippen LogP contribution in [0.2, 0.25) is 0 Å². The van der Waals surface area contributed by atoms with Crippen LogP contribution in [0.15, 0.2) is 146 Å². The highest BCUT2D eigenvalue weighted by Crippen LogP contribution is 2.42. The summed E-state index contributed by atoms with van der Waals surface area (Å²) >= 11 is 0. The number of aromatic nitrogens is 2. The minimum Gasteiger partial charge on any atom is -0.295 e. The van der Waals surface area contributed by atoms with Crippen molar-refractivity contribution in [3.8, 4) is 22.5 Å². The molecule has 0 atom stereocenters. The molecule has 0 bridgehead atoms. The summed E-state index contributed by atoms with van der Waals surface area (Å²) in [4.78, 5) is 11.7. The lowest BCUT2D eigenvalue weighted by Gasteiger charge is -2.25. The molecule has 6 aromatic rings. The molecule has 0 aliphatic heterocycles. The van der Waals surface area contributed by atoms with Gasteiger partial charge in [0.2, 0.25) is 0 Å². The number of allylic oxidation sites excluding steroid dienone is 1. The Bertz CT molecular complexity index is 1860. The zero-order chi connectivity index (χ0) is 27.6. The van der Waals surface area contributed by atoms with Gasteiger partial charge in [-0.2, -0.15) is 0 Å². The van der Waals surface area contributed by atoms with Crippen LogP contribution >= 0.6 is 0 Å². The van der Waals surface area contributed by atoms with Crippen LogP contribution in [-0.2, 0) is 6.42 Å². The quantitative estimate of drug-likeness (QED) is 0.216. The molecule has 41 heavy (non-hydrogen) atoms. The van der Waals surface area contributed by atoms with E-state index in [2.05, 4.69) is 120 Å². The van der Waals surface area contributed by atoms with Crippen LogP contribution in [-0.4, -0.2) is 9.97 Å². The normalized spacial score (nSPS) is 12.1. The van der Waals surface area contributed by atoms with Gasteiger partial charge in [-0.3, -0.25) is 9.88 Å². The summed E-state index contributed by atoms with van der Waals surface area (Å²) in [7, 11) is 0. The first-order valence-electron chi connectivity index (χ1n) is 14.0. The Balaban J connectivity index is 1.27. The number of hydrogen-bond acceptors (Lipinski definition) is 3. The second-order valence-corrected chi connectivity index (χ2v) is 10.2. The smallest absolute Gasteiger partial charge is 0.138 e. The van der Waals surface area contributed by atoms with Crippen molar-refractivity contribution in [2.24, 2.45) is 0 Å². The van der Waals surface area contributed by atoms with Crippen molar-refractivity contribution in [2.75, 3.05) is 4.90 Å². The lowest BCUT2D eigenvalue weighted by atomic mass is 9.91. The van der Waals surface area contributed by atoms with E-state index in [-0.39, 0.29) is 0 Å². The molecule has 0 fully saturated rings. The molecular formula is C38H29N3. The largest absolute Gasteiger partial charge is 0.295 e. The van der Waals surface area contributed by atoms with E-state index in [1.165, 1.54) is 39.0 Å². The molecule has 0 radical (unpaired) electrons. The highest BCUT2D eigenvalue weighted by atomic mass is 15.2. The van der Waals surface area contributed by atoms with Gasteiger partial charge in [-0.05, 0) is 101 Å². The lowest BCUT2D eigenvalue weighted by Crippen LogP contribution is -2.12. The fraction of sp³-hybridized carbons (Fsp3) is 0.0526. The number of fused-ring (bicyclic) bond motifs is 3. The molecule has 1 aliphatic carbocycles. The van der Waals surface area contributed by atoms with Crippen molar-refractivity contribution in [3.05, 3.63) is 168 Å². The molecule has 3 nitrogen and oxygen atoms in total. The number of nitrogens with zero attached hydrogens (tertiary/aromatic N) is 3. The summed E-state index contributed by atoms with van der Waals surface area (Å²) in [6, 6.07) is 46.7. The molecule has 0 N–H and O–H groups in total. The van der Waals surface area contributed by atoms with E-state index < -0.39 is 0 Å². The van der Waals surface area contributed by atoms with Gasteiger partial charge in [-0.1, -0.05) is 91.0 Å². The summed E-state index contributed by atoms with van der Waals surface area (Å²) in [5, 5.41) is 0. The SMILES string of the molecule is C/C=C(/c1ccc(N(c2ccccc2)c2cccc(-c3ccccn3)n2)cc1)c1cccc2c1Cc1ccccc1-2. The number of hydrogen-bond donors (Lipinski definition) is 0. The van der Waals surface area contributed by atoms with Gasteiger partial charge in [0.1, 0.15) is 5.82 Å². The first-order valence-corrected chi connectivity index (χ1v) is 14.0. The van der Waals surface area contributed by atoms with E-state index in [0.29, 0.717) is 0 Å². The maximum Gasteiger partial charge on any atom is 0.138 e. The van der Waals surface area contributed by atoms with E-state index >= 15 is 0 Å². The molecule has 3 heteroatoms. The van der Waals surface area contributed by atoms with Crippen LogP contribution in [0.1, 0.15) is 29.2 Å². The van der Waals surface area contributed by atoms with E-state index in [9.17, 15) is 0 Å². The number of anilines is 3. The third-order valence-electron chi connectivity index (χ3n) is 7.77. The summed E-state index contributed by atoms with van der Waals surface area (Å²) in [5.41, 5.74) is 13.1. The second kappa shape index (κ2) is 10.7. The summed E-state index contributed by atoms with van der Waals surface area (Å²) in [6.45, 7) is 2.13. The van der Waals surface area contributed by atoms with Gasteiger partial charge in [0.05, 0.1) is 11.4 Å². The van der Waals surface area contributed by atoms with Gasteiger partial charge in [0.15, 0.2) is 0 Å². The predicted octanol–water partition coefficient (Wildman–Crippen LogP) is 9.64. The van der Waals surface area contributed by atoms with Gasteiger partial charge in [0.25, 0.3) is 0 Å². The zero-order valence-corrected chi connectivity index (χ0v) is 22.9. The first-order chi connectivity index (χ1) is 20.3. The maximum absolute atomic E-state index is 5.03. The minimum atomic E-state index is 0.843. The molecule has 2 heterocycles. The highest BCUT2D eigenvalue weighted by Gasteiger charge is 2.22. The Labute approximate surface area is 241 Å². The number of benzene rings is 4. The summed E-state index contributed by atoms with van der Waals surface area (Å²) in [6.07, 6.45) is 5.01. The van der Waals surface area contributed by atoms with Crippen molar-refractivity contribution >= 4 is 22.8 Å². The van der Waals surface area contributed by atoms with Crippen LogP contribution in [0, 0.1) is 0 Å². The monoisotopic (exact) mass is 527 g/mol. The van der Waals surface area contributed by atoms with Crippen LogP contribution in [0.3, 0.4) is 0 Å². The molecule has 2 aromatic heterocycles. The van der Waals surface area contributed by atoms with E-state index in [1.807, 2.05) is 36.4 Å². The lowest BCUT2D eigenvalue weighted by molar-refractivity contribution is 1.17. The van der Waals surface area contributed by atoms with E-state index in [4.69, 9.17) is 4.98 Å². The predicted molar refractivity (Wildman–Crippen MR) is 170 cm³/mol. The van der Waals surface area contributed by atoms with Crippen LogP contribution in [0.5, 0.6) is 0 Å². The van der Waals surface area contributed by atoms with Crippen molar-refractivity contribution in [2.45, 2.75) is 13.3 Å². The van der Waals surface area contributed by atoms with E-state index in [1.54, 1.807) is 6.20 Å². The summed E-state index contributed by atoms with van der Waals surface area (Å²) < 4.78 is 0. The fourth-order valence-electron chi connectivity index (χ4n) is 5.87. The molecule has 0 unspecified atom stereocenters. The third-order valence-corrected chi connectivity index (χ3v) is 7.77. The van der Waals surface area contributed by atoms with E-state index in [0.717, 1.165) is 35.0 Å². The maximum atomic E-state index is 5.03. The average molecular weight is 528 g/mol. The number of para-hydroxylation sites is 1. The van der Waals surface area contributed by atoms with Crippen LogP contribution < -0.4 is 4.90 Å². The number of pyridine rings is 2. The molecule has 7 rings (SSSR count). The zero-order valence-electron chi connectivity index (χ0n) is 22.9. The van der Waals surface area contributed by atoms with Crippen molar-refractivity contribution in [1.82, 2.24) is 9.97 Å². The van der Waals surface area contributed by atoms with Crippen LogP contribution in [0.25, 0.3) is 28.1 Å². The highest BCUT2D eigenvalue weighted by molar-refractivity contribution is 5.89. The molecule has 0 spiro atoms. The van der Waals surface area contributed by atoms with Gasteiger partial charge in [-0.15, -0.1) is 0 Å². The van der Waals surface area contributed by atoms with Gasteiger partial charge < -0.3 is 0 Å².